The minimum absolute atomic E-state index is 0.201. The van der Waals surface area contributed by atoms with E-state index in [9.17, 15) is 43.2 Å². The summed E-state index contributed by atoms with van der Waals surface area (Å²) >= 11 is 3.14. The molecule has 1 heterocycles. The summed E-state index contributed by atoms with van der Waals surface area (Å²) in [5.74, 6) is -0.269. The van der Waals surface area contributed by atoms with Gasteiger partial charge in [-0.05, 0) is 48.5 Å². The molecule has 0 bridgehead atoms. The van der Waals surface area contributed by atoms with Gasteiger partial charge in [-0.25, -0.2) is 16.8 Å². The lowest BCUT2D eigenvalue weighted by Gasteiger charge is -2.37. The molecule has 3 aromatic carbocycles. The topological polar surface area (TPSA) is 80.8 Å². The molecule has 6 nitrogen and oxygen atoms in total. The van der Waals surface area contributed by atoms with Gasteiger partial charge in [0, 0.05) is 20.7 Å². The zero-order valence-corrected chi connectivity index (χ0v) is 22.4. The highest BCUT2D eigenvalue weighted by atomic mass is 79.9. The van der Waals surface area contributed by atoms with Crippen LogP contribution < -0.4 is 9.04 Å². The number of anilines is 1. The largest absolute Gasteiger partial charge is 0.482 e. The van der Waals surface area contributed by atoms with Crippen LogP contribution in [0.15, 0.2) is 74.9 Å². The van der Waals surface area contributed by atoms with E-state index in [1.165, 1.54) is 18.2 Å². The third kappa shape index (κ3) is 5.46. The summed E-state index contributed by atoms with van der Waals surface area (Å²) in [6.07, 6.45) is -11.8. The van der Waals surface area contributed by atoms with Gasteiger partial charge in [0.25, 0.3) is 19.1 Å². The van der Waals surface area contributed by atoms with Crippen LogP contribution in [-0.4, -0.2) is 23.4 Å². The molecule has 0 radical (unpaired) electrons. The lowest BCUT2D eigenvalue weighted by Crippen LogP contribution is -2.40. The predicted octanol–water partition coefficient (Wildman–Crippen LogP) is 6.74. The molecule has 204 valence electrons. The number of hydrogen-bond acceptors (Lipinski definition) is 5. The Morgan fingerprint density at radius 1 is 0.895 bits per heavy atom. The first kappa shape index (κ1) is 28.5. The number of rotatable bonds is 4. The lowest BCUT2D eigenvalue weighted by atomic mass is 10.00. The monoisotopic (exact) mass is 663 g/mol. The third-order valence-electron chi connectivity index (χ3n) is 5.50. The summed E-state index contributed by atoms with van der Waals surface area (Å²) < 4.78 is 140. The Hall–Kier alpha value is -2.49. The molecule has 16 heteroatoms. The number of alkyl halides is 6. The number of nitrogens with zero attached hydrogens (tertiary/aromatic N) is 1. The van der Waals surface area contributed by atoms with E-state index in [0.717, 1.165) is 24.3 Å². The molecule has 0 N–H and O–H groups in total. The Labute approximate surface area is 225 Å². The molecule has 38 heavy (non-hydrogen) atoms. The lowest BCUT2D eigenvalue weighted by molar-refractivity contribution is -0.139. The average molecular weight is 665 g/mol. The molecule has 3 aromatic rings. The highest BCUT2D eigenvalue weighted by Crippen LogP contribution is 2.47. The normalized spacial score (nSPS) is 16.6. The van der Waals surface area contributed by atoms with Crippen LogP contribution in [0.3, 0.4) is 0 Å². The smallest absolute Gasteiger partial charge is 0.416 e. The van der Waals surface area contributed by atoms with Gasteiger partial charge in [0.15, 0.2) is 0 Å². The van der Waals surface area contributed by atoms with Crippen molar-refractivity contribution in [3.05, 3.63) is 81.8 Å². The molecule has 0 fully saturated rings. The van der Waals surface area contributed by atoms with Crippen molar-refractivity contribution >= 4 is 51.4 Å². The second-order valence-electron chi connectivity index (χ2n) is 7.93. The van der Waals surface area contributed by atoms with Crippen molar-refractivity contribution < 1.29 is 47.9 Å². The number of benzene rings is 3. The Kier molecular flexibility index (Phi) is 7.21. The van der Waals surface area contributed by atoms with E-state index in [2.05, 4.69) is 15.9 Å². The zero-order valence-electron chi connectivity index (χ0n) is 18.4. The summed E-state index contributed by atoms with van der Waals surface area (Å²) in [5, 5.41) is 0. The van der Waals surface area contributed by atoms with Gasteiger partial charge >= 0.3 is 12.4 Å². The van der Waals surface area contributed by atoms with Crippen molar-refractivity contribution in [2.45, 2.75) is 28.2 Å². The van der Waals surface area contributed by atoms with Crippen LogP contribution >= 0.6 is 26.6 Å². The maximum absolute atomic E-state index is 13.9. The van der Waals surface area contributed by atoms with Gasteiger partial charge in [-0.2, -0.15) is 26.3 Å². The fraction of sp³-hybridized carbons (Fsp3) is 0.182. The second kappa shape index (κ2) is 9.61. The maximum Gasteiger partial charge on any atom is 0.416 e. The summed E-state index contributed by atoms with van der Waals surface area (Å²) in [7, 11) is -4.22. The van der Waals surface area contributed by atoms with Gasteiger partial charge in [0.05, 0.1) is 33.2 Å². The molecule has 1 aliphatic rings. The van der Waals surface area contributed by atoms with E-state index in [1.54, 1.807) is 0 Å². The van der Waals surface area contributed by atoms with Gasteiger partial charge in [-0.15, -0.1) is 0 Å². The molecule has 0 aliphatic carbocycles. The van der Waals surface area contributed by atoms with E-state index >= 15 is 0 Å². The highest BCUT2D eigenvalue weighted by molar-refractivity contribution is 9.10. The number of ether oxygens (including phenoxy) is 1. The Morgan fingerprint density at radius 2 is 1.55 bits per heavy atom. The number of halogens is 8. The summed E-state index contributed by atoms with van der Waals surface area (Å²) in [4.78, 5) is -1.76. The predicted molar refractivity (Wildman–Crippen MR) is 128 cm³/mol. The SMILES string of the molecule is O=S(=O)(Cl)c1cccc(C(F)(F)F)c1[C@H]1CN(S(=O)(=O)c2cccc(C(F)(F)F)c2)c2cc(Br)ccc2O1. The number of hydrogen-bond donors (Lipinski definition) is 0. The van der Waals surface area contributed by atoms with Crippen molar-refractivity contribution in [1.29, 1.82) is 0 Å². The molecule has 0 aromatic heterocycles. The van der Waals surface area contributed by atoms with E-state index in [1.807, 2.05) is 0 Å². The molecular formula is C22H13BrClF6NO5S2. The molecular weight excluding hydrogens is 652 g/mol. The van der Waals surface area contributed by atoms with Crippen LogP contribution in [0.1, 0.15) is 22.8 Å². The first-order valence-corrected chi connectivity index (χ1v) is 14.8. The summed E-state index contributed by atoms with van der Waals surface area (Å²) in [6, 6.07) is 8.83. The van der Waals surface area contributed by atoms with Crippen LogP contribution in [0.4, 0.5) is 32.0 Å². The van der Waals surface area contributed by atoms with Crippen LogP contribution in [0.25, 0.3) is 0 Å². The van der Waals surface area contributed by atoms with E-state index in [-0.39, 0.29) is 11.4 Å². The fourth-order valence-electron chi connectivity index (χ4n) is 3.90. The van der Waals surface area contributed by atoms with Crippen molar-refractivity contribution in [2.24, 2.45) is 0 Å². The first-order valence-electron chi connectivity index (χ1n) is 10.2. The molecule has 1 aliphatic heterocycles. The molecule has 0 saturated heterocycles. The molecule has 1 atom stereocenters. The van der Waals surface area contributed by atoms with Crippen LogP contribution in [0.2, 0.25) is 0 Å². The quantitative estimate of drug-likeness (QED) is 0.228. The van der Waals surface area contributed by atoms with Crippen molar-refractivity contribution in [3.63, 3.8) is 0 Å². The molecule has 0 amide bonds. The Morgan fingerprint density at radius 3 is 2.16 bits per heavy atom. The maximum atomic E-state index is 13.9. The minimum atomic E-state index is -5.10. The fourth-order valence-corrected chi connectivity index (χ4v) is 6.91. The average Bonchev–Trinajstić information content (AvgIpc) is 2.81. The summed E-state index contributed by atoms with van der Waals surface area (Å²) in [6.45, 7) is -0.922. The van der Waals surface area contributed by atoms with Crippen LogP contribution in [0.5, 0.6) is 5.75 Å². The van der Waals surface area contributed by atoms with Crippen molar-refractivity contribution in [3.8, 4) is 5.75 Å². The highest BCUT2D eigenvalue weighted by Gasteiger charge is 2.43. The molecule has 0 spiro atoms. The summed E-state index contributed by atoms with van der Waals surface area (Å²) in [5.41, 5.74) is -3.86. The second-order valence-corrected chi connectivity index (χ2v) is 13.2. The van der Waals surface area contributed by atoms with Crippen molar-refractivity contribution in [1.82, 2.24) is 0 Å². The molecule has 0 unspecified atom stereocenters. The van der Waals surface area contributed by atoms with E-state index in [4.69, 9.17) is 15.4 Å². The number of sulfonamides is 1. The van der Waals surface area contributed by atoms with Gasteiger partial charge in [-0.1, -0.05) is 28.1 Å². The first-order chi connectivity index (χ1) is 17.4. The van der Waals surface area contributed by atoms with Gasteiger partial charge in [0.2, 0.25) is 0 Å². The van der Waals surface area contributed by atoms with Crippen molar-refractivity contribution in [2.75, 3.05) is 10.8 Å². The standard InChI is InChI=1S/C22H13BrClF6NO5S2/c23-13-7-8-17-16(10-13)31(38(34,35)14-4-1-3-12(9-14)21(25,26)27)11-18(36-17)20-15(22(28,29)30)5-2-6-19(20)37(24,32)33/h1-10,18H,11H2/t18-/m1/s1. The Bertz CT molecular complexity index is 1630. The Balaban J connectivity index is 1.95. The molecule has 0 saturated carbocycles. The zero-order chi connectivity index (χ0) is 28.3. The van der Waals surface area contributed by atoms with Crippen LogP contribution in [0, 0.1) is 0 Å². The van der Waals surface area contributed by atoms with Gasteiger partial charge in [0.1, 0.15) is 11.9 Å². The van der Waals surface area contributed by atoms with E-state index in [0.29, 0.717) is 27.0 Å². The van der Waals surface area contributed by atoms with Gasteiger partial charge in [-0.3, -0.25) is 4.31 Å². The number of fused-ring (bicyclic) bond motifs is 1. The minimum Gasteiger partial charge on any atom is -0.482 e. The van der Waals surface area contributed by atoms with Crippen LogP contribution in [-0.2, 0) is 31.4 Å². The third-order valence-corrected chi connectivity index (χ3v) is 9.15. The van der Waals surface area contributed by atoms with Gasteiger partial charge < -0.3 is 4.74 Å². The molecule has 4 rings (SSSR count). The van der Waals surface area contributed by atoms with E-state index < -0.39 is 70.6 Å².